The van der Waals surface area contributed by atoms with Crippen LogP contribution in [-0.4, -0.2) is 11.2 Å². The monoisotopic (exact) mass is 430 g/mol. The fourth-order valence-electron chi connectivity index (χ4n) is 6.48. The van der Waals surface area contributed by atoms with E-state index in [1.165, 1.54) is 95.1 Å². The summed E-state index contributed by atoms with van der Waals surface area (Å²) in [5, 5.41) is 9.60. The first kappa shape index (κ1) is 23.0. The maximum absolute atomic E-state index is 14.3. The third-order valence-electron chi connectivity index (χ3n) is 8.53. The van der Waals surface area contributed by atoms with Crippen LogP contribution in [0.25, 0.3) is 6.08 Å². The van der Waals surface area contributed by atoms with E-state index in [0.29, 0.717) is 11.5 Å². The van der Waals surface area contributed by atoms with Gasteiger partial charge in [0.15, 0.2) is 0 Å². The van der Waals surface area contributed by atoms with E-state index in [9.17, 15) is 13.9 Å². The number of aliphatic hydroxyl groups is 1. The topological polar surface area (TPSA) is 20.2 Å². The van der Waals surface area contributed by atoms with E-state index in [1.807, 2.05) is 12.1 Å². The summed E-state index contributed by atoms with van der Waals surface area (Å²) in [7, 11) is 0. The van der Waals surface area contributed by atoms with Crippen LogP contribution in [0, 0.1) is 17.8 Å². The van der Waals surface area contributed by atoms with Crippen LogP contribution in [-0.2, 0) is 5.92 Å². The Morgan fingerprint density at radius 2 is 1.58 bits per heavy atom. The molecule has 0 saturated heterocycles. The van der Waals surface area contributed by atoms with Crippen LogP contribution in [0.4, 0.5) is 8.78 Å². The van der Waals surface area contributed by atoms with E-state index in [4.69, 9.17) is 0 Å². The van der Waals surface area contributed by atoms with Gasteiger partial charge in [0.1, 0.15) is 6.10 Å². The lowest BCUT2D eigenvalue weighted by molar-refractivity contribution is -0.0940. The fourth-order valence-corrected chi connectivity index (χ4v) is 6.48. The molecule has 3 aliphatic rings. The van der Waals surface area contributed by atoms with E-state index >= 15 is 0 Å². The zero-order valence-corrected chi connectivity index (χ0v) is 19.2. The fraction of sp³-hybridized carbons (Fsp3) is 0.714. The number of halogens is 2. The van der Waals surface area contributed by atoms with Crippen molar-refractivity contribution < 1.29 is 13.9 Å². The lowest BCUT2D eigenvalue weighted by atomic mass is 9.67. The predicted molar refractivity (Wildman–Crippen MR) is 124 cm³/mol. The number of aliphatic hydroxyl groups excluding tert-OH is 1. The molecule has 4 rings (SSSR count). The molecule has 0 aliphatic heterocycles. The Labute approximate surface area is 187 Å². The minimum Gasteiger partial charge on any atom is -0.382 e. The molecule has 1 aromatic carbocycles. The number of hydrogen-bond donors (Lipinski definition) is 1. The standard InChI is InChI=1S/C28H40F2O/c1-2-3-4-5-6-20-7-9-21(10-8-20)22-11-13-23(14-12-22)24-15-17-26-25(19-24)16-18-27(31)28(26,29)30/h15-23,27,31H,2-14H2,1H3. The molecule has 3 heteroatoms. The van der Waals surface area contributed by atoms with Gasteiger partial charge in [-0.1, -0.05) is 76.1 Å². The van der Waals surface area contributed by atoms with Crippen LogP contribution in [0.5, 0.6) is 0 Å². The highest BCUT2D eigenvalue weighted by Gasteiger charge is 2.42. The Hall–Kier alpha value is -1.22. The van der Waals surface area contributed by atoms with Crippen molar-refractivity contribution in [2.75, 3.05) is 0 Å². The first-order chi connectivity index (χ1) is 15.0. The van der Waals surface area contributed by atoms with E-state index in [1.54, 1.807) is 12.1 Å². The van der Waals surface area contributed by atoms with Crippen LogP contribution >= 0.6 is 0 Å². The number of benzene rings is 1. The van der Waals surface area contributed by atoms with Crippen LogP contribution in [0.1, 0.15) is 113 Å². The highest BCUT2D eigenvalue weighted by Crippen LogP contribution is 2.46. The normalized spacial score (nSPS) is 32.6. The zero-order valence-electron chi connectivity index (χ0n) is 19.2. The van der Waals surface area contributed by atoms with Crippen molar-refractivity contribution in [3.05, 3.63) is 41.0 Å². The maximum atomic E-state index is 14.3. The number of hydrogen-bond acceptors (Lipinski definition) is 1. The summed E-state index contributed by atoms with van der Waals surface area (Å²) in [6.45, 7) is 2.28. The highest BCUT2D eigenvalue weighted by molar-refractivity contribution is 5.60. The predicted octanol–water partition coefficient (Wildman–Crippen LogP) is 8.22. The van der Waals surface area contributed by atoms with Gasteiger partial charge in [-0.2, -0.15) is 8.78 Å². The number of fused-ring (bicyclic) bond motifs is 1. The molecule has 0 bridgehead atoms. The molecule has 0 radical (unpaired) electrons. The summed E-state index contributed by atoms with van der Waals surface area (Å²) in [5.74, 6) is 0.0681. The van der Waals surface area contributed by atoms with Crippen LogP contribution in [0.3, 0.4) is 0 Å². The summed E-state index contributed by atoms with van der Waals surface area (Å²) >= 11 is 0. The number of alkyl halides is 2. The van der Waals surface area contributed by atoms with Gasteiger partial charge < -0.3 is 5.11 Å². The lowest BCUT2D eigenvalue weighted by Crippen LogP contribution is -2.32. The Morgan fingerprint density at radius 3 is 2.26 bits per heavy atom. The molecule has 2 saturated carbocycles. The largest absolute Gasteiger partial charge is 0.382 e. The van der Waals surface area contributed by atoms with Crippen LogP contribution in [0.15, 0.2) is 24.3 Å². The molecule has 1 nitrogen and oxygen atoms in total. The smallest absolute Gasteiger partial charge is 0.302 e. The van der Waals surface area contributed by atoms with Crippen molar-refractivity contribution in [3.8, 4) is 0 Å². The highest BCUT2D eigenvalue weighted by atomic mass is 19.3. The maximum Gasteiger partial charge on any atom is 0.302 e. The van der Waals surface area contributed by atoms with Gasteiger partial charge in [0.05, 0.1) is 0 Å². The average Bonchev–Trinajstić information content (AvgIpc) is 2.80. The second kappa shape index (κ2) is 10.1. The molecule has 1 unspecified atom stereocenters. The molecule has 1 atom stereocenters. The molecule has 3 aliphatic carbocycles. The third-order valence-corrected chi connectivity index (χ3v) is 8.53. The van der Waals surface area contributed by atoms with E-state index in [2.05, 4.69) is 6.92 Å². The minimum atomic E-state index is -3.19. The molecule has 31 heavy (non-hydrogen) atoms. The Kier molecular flexibility index (Phi) is 7.52. The molecule has 172 valence electrons. The number of rotatable bonds is 7. The van der Waals surface area contributed by atoms with Gasteiger partial charge in [-0.3, -0.25) is 0 Å². The molecule has 0 spiro atoms. The first-order valence-electron chi connectivity index (χ1n) is 12.9. The summed E-state index contributed by atoms with van der Waals surface area (Å²) in [6, 6.07) is 5.37. The Morgan fingerprint density at radius 1 is 0.903 bits per heavy atom. The second-order valence-corrected chi connectivity index (χ2v) is 10.5. The van der Waals surface area contributed by atoms with Crippen molar-refractivity contribution >= 4 is 6.08 Å². The van der Waals surface area contributed by atoms with Crippen molar-refractivity contribution in [2.24, 2.45) is 17.8 Å². The van der Waals surface area contributed by atoms with Gasteiger partial charge >= 0.3 is 5.92 Å². The van der Waals surface area contributed by atoms with E-state index in [-0.39, 0.29) is 5.56 Å². The van der Waals surface area contributed by atoms with Crippen molar-refractivity contribution in [1.82, 2.24) is 0 Å². The zero-order chi connectivity index (χ0) is 21.8. The molecule has 1 N–H and O–H groups in total. The minimum absolute atomic E-state index is 0.0358. The Balaban J connectivity index is 1.26. The van der Waals surface area contributed by atoms with Gasteiger partial charge in [0, 0.05) is 5.56 Å². The van der Waals surface area contributed by atoms with Crippen molar-refractivity contribution in [1.29, 1.82) is 0 Å². The quantitative estimate of drug-likeness (QED) is 0.432. The molecule has 2 fully saturated rings. The van der Waals surface area contributed by atoms with Gasteiger partial charge in [-0.15, -0.1) is 0 Å². The molecule has 0 amide bonds. The van der Waals surface area contributed by atoms with Gasteiger partial charge in [0.25, 0.3) is 0 Å². The van der Waals surface area contributed by atoms with Crippen LogP contribution in [0.2, 0.25) is 0 Å². The van der Waals surface area contributed by atoms with Crippen LogP contribution < -0.4 is 0 Å². The van der Waals surface area contributed by atoms with Gasteiger partial charge in [-0.25, -0.2) is 0 Å². The van der Waals surface area contributed by atoms with E-state index in [0.717, 1.165) is 17.8 Å². The summed E-state index contributed by atoms with van der Waals surface area (Å²) in [4.78, 5) is 0. The average molecular weight is 431 g/mol. The number of unbranched alkanes of at least 4 members (excludes halogenated alkanes) is 3. The summed E-state index contributed by atoms with van der Waals surface area (Å²) in [5.41, 5.74) is 1.74. The third kappa shape index (κ3) is 5.24. The SMILES string of the molecule is CCCCCCC1CCC(C2CCC(c3ccc4c(c3)C=CC(O)C4(F)F)CC2)CC1. The molecule has 0 heterocycles. The molecular weight excluding hydrogens is 390 g/mol. The Bertz CT molecular complexity index is 739. The van der Waals surface area contributed by atoms with Gasteiger partial charge in [0.2, 0.25) is 0 Å². The molecular formula is C28H40F2O. The summed E-state index contributed by atoms with van der Waals surface area (Å²) in [6.07, 6.45) is 18.9. The van der Waals surface area contributed by atoms with Crippen molar-refractivity contribution in [3.63, 3.8) is 0 Å². The molecule has 1 aromatic rings. The molecule has 0 aromatic heterocycles. The second-order valence-electron chi connectivity index (χ2n) is 10.5. The lowest BCUT2D eigenvalue weighted by Gasteiger charge is -2.38. The van der Waals surface area contributed by atoms with Crippen molar-refractivity contribution in [2.45, 2.75) is 108 Å². The van der Waals surface area contributed by atoms with Gasteiger partial charge in [-0.05, 0) is 79.4 Å². The summed E-state index contributed by atoms with van der Waals surface area (Å²) < 4.78 is 28.5. The first-order valence-corrected chi connectivity index (χ1v) is 12.9. The van der Waals surface area contributed by atoms with E-state index < -0.39 is 12.0 Å².